The number of carbonyl (C=O) groups excluding carboxylic acids is 5. The van der Waals surface area contributed by atoms with Gasteiger partial charge in [0.25, 0.3) is 17.4 Å². The number of ketones is 1. The Bertz CT molecular complexity index is 1710. The van der Waals surface area contributed by atoms with E-state index >= 15 is 0 Å². The molecule has 0 unspecified atom stereocenters. The van der Waals surface area contributed by atoms with Crippen LogP contribution in [0.15, 0.2) is 51.8 Å². The number of furan rings is 1. The molecule has 4 saturated carbocycles. The van der Waals surface area contributed by atoms with Gasteiger partial charge < -0.3 is 30.7 Å². The molecule has 4 aliphatic rings. The molecule has 7 rings (SSSR count). The first-order valence-electron chi connectivity index (χ1n) is 15.5. The van der Waals surface area contributed by atoms with Crippen molar-refractivity contribution in [3.63, 3.8) is 0 Å². The van der Waals surface area contributed by atoms with E-state index in [2.05, 4.69) is 16.0 Å². The zero-order valence-corrected chi connectivity index (χ0v) is 25.0. The summed E-state index contributed by atoms with van der Waals surface area (Å²) in [7, 11) is 0. The Balaban J connectivity index is 1.14. The van der Waals surface area contributed by atoms with Gasteiger partial charge in [0, 0.05) is 29.6 Å². The van der Waals surface area contributed by atoms with Gasteiger partial charge in [-0.2, -0.15) is 0 Å². The lowest BCUT2D eigenvalue weighted by Crippen LogP contribution is -2.56. The maximum absolute atomic E-state index is 13.4. The summed E-state index contributed by atoms with van der Waals surface area (Å²) in [5, 5.41) is 9.00. The Morgan fingerprint density at radius 2 is 1.67 bits per heavy atom. The van der Waals surface area contributed by atoms with Crippen molar-refractivity contribution in [2.75, 3.05) is 5.32 Å². The largest absolute Gasteiger partial charge is 0.451 e. The number of aryl methyl sites for hydroxylation is 1. The number of nitrogens with two attached hydrogens (primary N) is 1. The van der Waals surface area contributed by atoms with E-state index in [1.165, 1.54) is 29.3 Å². The molecular weight excluding hydrogens is 578 g/mol. The van der Waals surface area contributed by atoms with Gasteiger partial charge in [0.15, 0.2) is 5.76 Å². The van der Waals surface area contributed by atoms with Crippen molar-refractivity contribution in [1.29, 1.82) is 0 Å². The minimum Gasteiger partial charge on any atom is -0.451 e. The van der Waals surface area contributed by atoms with E-state index in [4.69, 9.17) is 10.2 Å². The predicted octanol–water partition coefficient (Wildman–Crippen LogP) is 2.42. The van der Waals surface area contributed by atoms with Crippen molar-refractivity contribution in [2.45, 2.75) is 70.5 Å². The van der Waals surface area contributed by atoms with Gasteiger partial charge >= 0.3 is 0 Å². The van der Waals surface area contributed by atoms with Crippen molar-refractivity contribution in [3.05, 3.63) is 64.3 Å². The fourth-order valence-corrected chi connectivity index (χ4v) is 7.81. The van der Waals surface area contributed by atoms with Crippen LogP contribution in [0.4, 0.5) is 5.69 Å². The second kappa shape index (κ2) is 12.3. The standard InChI is InChI=1S/C33H37N5O7/c1-17-22-5-2-3-7-26(22)45-29(17)32(43)35-23(8-9-25(39)30(34)41)31(42)36-24-6-4-10-38(33(24)44)16-27(40)37-28-20-12-18-11-19(14-20)15-21(28)13-18/h2-7,10,18-21,23,28H,8-9,11-16H2,1H3,(H2,34,41)(H,35,43)(H,36,42)(H,37,40)/t18?,19?,20?,21?,23-,28?/m0/s1. The second-order valence-corrected chi connectivity index (χ2v) is 12.8. The molecule has 1 atom stereocenters. The number of hydrogen-bond donors (Lipinski definition) is 4. The van der Waals surface area contributed by atoms with Crippen LogP contribution in [0.2, 0.25) is 0 Å². The molecule has 4 bridgehead atoms. The molecule has 12 nitrogen and oxygen atoms in total. The van der Waals surface area contributed by atoms with Gasteiger partial charge in [-0.3, -0.25) is 28.8 Å². The number of pyridine rings is 1. The lowest BCUT2D eigenvalue weighted by atomic mass is 9.54. The Kier molecular flexibility index (Phi) is 8.30. The van der Waals surface area contributed by atoms with Crippen LogP contribution in [0.5, 0.6) is 0 Å². The smallest absolute Gasteiger partial charge is 0.287 e. The van der Waals surface area contributed by atoms with Gasteiger partial charge in [-0.15, -0.1) is 0 Å². The minimum atomic E-state index is -1.32. The number of primary amides is 1. The average molecular weight is 616 g/mol. The Hall–Kier alpha value is -4.74. The second-order valence-electron chi connectivity index (χ2n) is 12.8. The third-order valence-electron chi connectivity index (χ3n) is 9.75. The highest BCUT2D eigenvalue weighted by molar-refractivity contribution is 6.35. The van der Waals surface area contributed by atoms with E-state index in [1.54, 1.807) is 31.2 Å². The fraction of sp³-hybridized carbons (Fsp3) is 0.455. The predicted molar refractivity (Wildman–Crippen MR) is 164 cm³/mol. The number of amides is 4. The van der Waals surface area contributed by atoms with Crippen LogP contribution in [-0.2, 0) is 25.7 Å². The molecule has 1 aromatic carbocycles. The first-order chi connectivity index (χ1) is 21.6. The Morgan fingerprint density at radius 3 is 2.33 bits per heavy atom. The highest BCUT2D eigenvalue weighted by atomic mass is 16.3. The summed E-state index contributed by atoms with van der Waals surface area (Å²) in [5.41, 5.74) is 5.42. The van der Waals surface area contributed by atoms with Crippen LogP contribution in [-0.4, -0.2) is 46.1 Å². The average Bonchev–Trinajstić information content (AvgIpc) is 3.34. The summed E-state index contributed by atoms with van der Waals surface area (Å²) in [4.78, 5) is 76.2. The first kappa shape index (κ1) is 30.3. The molecule has 4 aliphatic carbocycles. The maximum atomic E-state index is 13.4. The van der Waals surface area contributed by atoms with E-state index in [1.807, 2.05) is 0 Å². The number of fused-ring (bicyclic) bond motifs is 1. The summed E-state index contributed by atoms with van der Waals surface area (Å²) < 4.78 is 6.93. The third kappa shape index (κ3) is 6.27. The number of nitrogens with one attached hydrogen (secondary N) is 3. The molecule has 4 fully saturated rings. The third-order valence-corrected chi connectivity index (χ3v) is 9.75. The lowest BCUT2D eigenvalue weighted by molar-refractivity contribution is -0.136. The number of Topliss-reactive ketones (excluding diaryl/α,β-unsaturated/α-hetero) is 1. The number of nitrogens with zero attached hydrogens (tertiary/aromatic N) is 1. The summed E-state index contributed by atoms with van der Waals surface area (Å²) in [6.45, 7) is 1.50. The SMILES string of the molecule is Cc1c(C(=O)N[C@@H](CCC(=O)C(N)=O)C(=O)Nc2cccn(CC(=O)NC3C4CC5CC(C4)CC3C5)c2=O)oc2ccccc12. The highest BCUT2D eigenvalue weighted by Crippen LogP contribution is 2.53. The summed E-state index contributed by atoms with van der Waals surface area (Å²) in [5.74, 6) is -1.31. The molecule has 2 aromatic heterocycles. The number of hydrogen-bond acceptors (Lipinski definition) is 7. The van der Waals surface area contributed by atoms with Gasteiger partial charge in [0.1, 0.15) is 23.9 Å². The van der Waals surface area contributed by atoms with E-state index in [-0.39, 0.29) is 36.4 Å². The van der Waals surface area contributed by atoms with Gasteiger partial charge in [0.05, 0.1) is 0 Å². The molecule has 2 heterocycles. The normalized spacial score (nSPS) is 23.8. The van der Waals surface area contributed by atoms with Gasteiger partial charge in [-0.05, 0) is 87.3 Å². The van der Waals surface area contributed by atoms with E-state index < -0.39 is 41.5 Å². The first-order valence-corrected chi connectivity index (χ1v) is 15.5. The minimum absolute atomic E-state index is 0.0116. The molecule has 3 aromatic rings. The van der Waals surface area contributed by atoms with Crippen molar-refractivity contribution < 1.29 is 28.4 Å². The number of anilines is 1. The van der Waals surface area contributed by atoms with Crippen LogP contribution in [0.25, 0.3) is 11.0 Å². The molecule has 45 heavy (non-hydrogen) atoms. The molecular formula is C33H37N5O7. The van der Waals surface area contributed by atoms with Crippen LogP contribution < -0.4 is 27.2 Å². The zero-order chi connectivity index (χ0) is 31.8. The summed E-state index contributed by atoms with van der Waals surface area (Å²) in [6.07, 6.45) is 6.73. The maximum Gasteiger partial charge on any atom is 0.287 e. The summed E-state index contributed by atoms with van der Waals surface area (Å²) in [6, 6.07) is 8.81. The highest BCUT2D eigenvalue weighted by Gasteiger charge is 2.48. The van der Waals surface area contributed by atoms with Crippen molar-refractivity contribution >= 4 is 46.1 Å². The van der Waals surface area contributed by atoms with Gasteiger partial charge in [-0.25, -0.2) is 0 Å². The van der Waals surface area contributed by atoms with Crippen LogP contribution in [0, 0.1) is 30.6 Å². The number of para-hydroxylation sites is 1. The van der Waals surface area contributed by atoms with Gasteiger partial charge in [-0.1, -0.05) is 18.2 Å². The molecule has 12 heteroatoms. The monoisotopic (exact) mass is 615 g/mol. The molecule has 5 N–H and O–H groups in total. The Labute approximate surface area is 259 Å². The van der Waals surface area contributed by atoms with Crippen molar-refractivity contribution in [1.82, 2.24) is 15.2 Å². The topological polar surface area (TPSA) is 183 Å². The van der Waals surface area contributed by atoms with E-state index in [9.17, 15) is 28.8 Å². The number of rotatable bonds is 11. The molecule has 0 saturated heterocycles. The van der Waals surface area contributed by atoms with Crippen molar-refractivity contribution in [3.8, 4) is 0 Å². The van der Waals surface area contributed by atoms with E-state index in [0.29, 0.717) is 23.0 Å². The molecule has 0 spiro atoms. The fourth-order valence-electron chi connectivity index (χ4n) is 7.81. The lowest BCUT2D eigenvalue weighted by Gasteiger charge is -2.54. The number of aromatic nitrogens is 1. The van der Waals surface area contributed by atoms with E-state index in [0.717, 1.165) is 42.9 Å². The summed E-state index contributed by atoms with van der Waals surface area (Å²) >= 11 is 0. The molecule has 236 valence electrons. The van der Waals surface area contributed by atoms with Crippen LogP contribution >= 0.6 is 0 Å². The van der Waals surface area contributed by atoms with Gasteiger partial charge in [0.2, 0.25) is 17.6 Å². The number of benzene rings is 1. The zero-order valence-electron chi connectivity index (χ0n) is 25.0. The quantitative estimate of drug-likeness (QED) is 0.239. The number of carbonyl (C=O) groups is 5. The van der Waals surface area contributed by atoms with Crippen LogP contribution in [0.1, 0.15) is 61.1 Å². The van der Waals surface area contributed by atoms with Crippen molar-refractivity contribution in [2.24, 2.45) is 29.4 Å². The Morgan fingerprint density at radius 1 is 0.978 bits per heavy atom. The molecule has 0 aliphatic heterocycles. The van der Waals surface area contributed by atoms with Crippen LogP contribution in [0.3, 0.4) is 0 Å². The molecule has 0 radical (unpaired) electrons. The molecule has 4 amide bonds.